The summed E-state index contributed by atoms with van der Waals surface area (Å²) >= 11 is 0. The third-order valence-electron chi connectivity index (χ3n) is 3.07. The molecule has 2 N–H and O–H groups in total. The van der Waals surface area contributed by atoms with Crippen molar-refractivity contribution in [3.05, 3.63) is 54.4 Å². The summed E-state index contributed by atoms with van der Waals surface area (Å²) in [6, 6.07) is 13.3. The van der Waals surface area contributed by atoms with Gasteiger partial charge in [0.2, 0.25) is 0 Å². The summed E-state index contributed by atoms with van der Waals surface area (Å²) in [6.07, 6.45) is 1.29. The van der Waals surface area contributed by atoms with Crippen molar-refractivity contribution < 1.29 is 9.53 Å². The number of ether oxygens (including phenoxy) is 1. The highest BCUT2D eigenvalue weighted by Gasteiger charge is 2.17. The fourth-order valence-electron chi connectivity index (χ4n) is 2.07. The molecule has 2 aromatic rings. The molecule has 1 amide bonds. The van der Waals surface area contributed by atoms with E-state index in [1.54, 1.807) is 6.20 Å². The van der Waals surface area contributed by atoms with Gasteiger partial charge >= 0.3 is 6.09 Å². The molecule has 0 saturated carbocycles. The van der Waals surface area contributed by atoms with Gasteiger partial charge in [0.05, 0.1) is 23.1 Å². The molecule has 2 rings (SSSR count). The normalized spacial score (nSPS) is 12.3. The number of hydrogen-bond acceptors (Lipinski definition) is 4. The molecular formula is C18H23N3O2. The van der Waals surface area contributed by atoms with Crippen molar-refractivity contribution in [3.63, 3.8) is 0 Å². The van der Waals surface area contributed by atoms with E-state index < -0.39 is 11.7 Å². The molecular weight excluding hydrogens is 290 g/mol. The Morgan fingerprint density at radius 2 is 1.74 bits per heavy atom. The fraction of sp³-hybridized carbons (Fsp3) is 0.333. The minimum Gasteiger partial charge on any atom is -0.444 e. The summed E-state index contributed by atoms with van der Waals surface area (Å²) in [4.78, 5) is 16.3. The number of nitrogens with one attached hydrogen (secondary N) is 2. The van der Waals surface area contributed by atoms with Crippen molar-refractivity contribution in [2.45, 2.75) is 39.3 Å². The van der Waals surface area contributed by atoms with Gasteiger partial charge in [0, 0.05) is 6.20 Å². The van der Waals surface area contributed by atoms with Crippen LogP contribution in [0.3, 0.4) is 0 Å². The van der Waals surface area contributed by atoms with Crippen LogP contribution in [0.5, 0.6) is 0 Å². The topological polar surface area (TPSA) is 63.2 Å². The molecule has 5 heteroatoms. The van der Waals surface area contributed by atoms with Crippen molar-refractivity contribution in [1.29, 1.82) is 0 Å². The molecule has 1 atom stereocenters. The first-order chi connectivity index (χ1) is 10.8. The lowest BCUT2D eigenvalue weighted by molar-refractivity contribution is 0.0636. The van der Waals surface area contributed by atoms with Crippen LogP contribution in [0.15, 0.2) is 48.7 Å². The minimum absolute atomic E-state index is 0.0118. The van der Waals surface area contributed by atoms with Crippen molar-refractivity contribution in [2.75, 3.05) is 10.6 Å². The van der Waals surface area contributed by atoms with Gasteiger partial charge in [-0.05, 0) is 52.0 Å². The Bertz CT molecular complexity index is 651. The highest BCUT2D eigenvalue weighted by atomic mass is 16.6. The van der Waals surface area contributed by atoms with E-state index in [-0.39, 0.29) is 6.04 Å². The Morgan fingerprint density at radius 1 is 1.09 bits per heavy atom. The predicted octanol–water partition coefficient (Wildman–Crippen LogP) is 4.60. The van der Waals surface area contributed by atoms with Crippen LogP contribution < -0.4 is 10.6 Å². The van der Waals surface area contributed by atoms with E-state index in [9.17, 15) is 4.79 Å². The maximum atomic E-state index is 12.0. The zero-order valence-corrected chi connectivity index (χ0v) is 14.0. The van der Waals surface area contributed by atoms with Gasteiger partial charge in [0.25, 0.3) is 0 Å². The minimum atomic E-state index is -0.534. The molecule has 0 aliphatic rings. The van der Waals surface area contributed by atoms with Crippen LogP contribution in [-0.2, 0) is 4.74 Å². The van der Waals surface area contributed by atoms with Crippen LogP contribution >= 0.6 is 0 Å². The Hall–Kier alpha value is -2.56. The van der Waals surface area contributed by atoms with Crippen molar-refractivity contribution >= 4 is 17.5 Å². The lowest BCUT2D eigenvalue weighted by Crippen LogP contribution is -2.27. The van der Waals surface area contributed by atoms with Crippen LogP contribution in [0, 0.1) is 0 Å². The largest absolute Gasteiger partial charge is 0.444 e. The number of hydrogen-bond donors (Lipinski definition) is 2. The summed E-state index contributed by atoms with van der Waals surface area (Å²) in [7, 11) is 0. The molecule has 5 nitrogen and oxygen atoms in total. The quantitative estimate of drug-likeness (QED) is 0.865. The second kappa shape index (κ2) is 7.13. The molecule has 0 aliphatic carbocycles. The molecule has 23 heavy (non-hydrogen) atoms. The molecule has 0 spiro atoms. The summed E-state index contributed by atoms with van der Waals surface area (Å²) in [5.41, 5.74) is 1.88. The smallest absolute Gasteiger partial charge is 0.412 e. The number of anilines is 2. The number of amides is 1. The molecule has 1 heterocycles. The average Bonchev–Trinajstić information content (AvgIpc) is 2.48. The number of benzene rings is 1. The van der Waals surface area contributed by atoms with Crippen LogP contribution in [0.4, 0.5) is 16.2 Å². The van der Waals surface area contributed by atoms with Gasteiger partial charge in [-0.1, -0.05) is 18.2 Å². The van der Waals surface area contributed by atoms with Crippen LogP contribution in [0.2, 0.25) is 0 Å². The van der Waals surface area contributed by atoms with E-state index >= 15 is 0 Å². The van der Waals surface area contributed by atoms with E-state index in [4.69, 9.17) is 4.74 Å². The average molecular weight is 313 g/mol. The van der Waals surface area contributed by atoms with E-state index in [1.165, 1.54) is 0 Å². The molecule has 1 aromatic heterocycles. The molecule has 0 bridgehead atoms. The van der Waals surface area contributed by atoms with E-state index in [1.807, 2.05) is 70.2 Å². The fourth-order valence-corrected chi connectivity index (χ4v) is 2.07. The number of para-hydroxylation sites is 2. The number of aromatic nitrogens is 1. The third-order valence-corrected chi connectivity index (χ3v) is 3.07. The summed E-state index contributed by atoms with van der Waals surface area (Å²) in [6.45, 7) is 7.52. The first-order valence-corrected chi connectivity index (χ1v) is 7.61. The Morgan fingerprint density at radius 3 is 2.35 bits per heavy atom. The van der Waals surface area contributed by atoms with Crippen LogP contribution in [0.25, 0.3) is 0 Å². The predicted molar refractivity (Wildman–Crippen MR) is 92.6 cm³/mol. The number of rotatable bonds is 4. The van der Waals surface area contributed by atoms with E-state index in [0.717, 1.165) is 11.4 Å². The zero-order chi connectivity index (χ0) is 16.9. The summed E-state index contributed by atoms with van der Waals surface area (Å²) < 4.78 is 5.30. The third kappa shape index (κ3) is 5.29. The Balaban J connectivity index is 2.10. The first kappa shape index (κ1) is 16.8. The molecule has 122 valence electrons. The Labute approximate surface area is 137 Å². The molecule has 0 saturated heterocycles. The maximum absolute atomic E-state index is 12.0. The second-order valence-electron chi connectivity index (χ2n) is 6.29. The van der Waals surface area contributed by atoms with Crippen molar-refractivity contribution in [1.82, 2.24) is 4.98 Å². The van der Waals surface area contributed by atoms with Gasteiger partial charge in [-0.2, -0.15) is 0 Å². The molecule has 0 fully saturated rings. The number of pyridine rings is 1. The lowest BCUT2D eigenvalue weighted by Gasteiger charge is -2.21. The summed E-state index contributed by atoms with van der Waals surface area (Å²) in [5.74, 6) is 0. The van der Waals surface area contributed by atoms with Crippen molar-refractivity contribution in [2.24, 2.45) is 0 Å². The van der Waals surface area contributed by atoms with Gasteiger partial charge in [-0.3, -0.25) is 10.3 Å². The number of carbonyl (C=O) groups is 1. The molecule has 0 radical (unpaired) electrons. The lowest BCUT2D eigenvalue weighted by atomic mass is 10.2. The molecule has 1 aromatic carbocycles. The zero-order valence-electron chi connectivity index (χ0n) is 14.0. The number of nitrogens with zero attached hydrogens (tertiary/aromatic N) is 1. The molecule has 0 aliphatic heterocycles. The number of carbonyl (C=O) groups excluding carboxylic acids is 1. The monoisotopic (exact) mass is 313 g/mol. The van der Waals surface area contributed by atoms with Gasteiger partial charge in [0.15, 0.2) is 0 Å². The van der Waals surface area contributed by atoms with Gasteiger partial charge < -0.3 is 10.1 Å². The highest BCUT2D eigenvalue weighted by Crippen LogP contribution is 2.26. The highest BCUT2D eigenvalue weighted by molar-refractivity contribution is 5.89. The standard InChI is InChI=1S/C18H23N3O2/c1-13(14-9-7-8-12-19-14)20-15-10-5-6-11-16(15)21-17(22)23-18(2,3)4/h5-13,20H,1-4H3,(H,21,22). The van der Waals surface area contributed by atoms with E-state index in [2.05, 4.69) is 15.6 Å². The first-order valence-electron chi connectivity index (χ1n) is 7.61. The Kier molecular flexibility index (Phi) is 5.21. The van der Waals surface area contributed by atoms with Gasteiger partial charge in [-0.25, -0.2) is 4.79 Å². The molecule has 1 unspecified atom stereocenters. The SMILES string of the molecule is CC(Nc1ccccc1NC(=O)OC(C)(C)C)c1ccccn1. The van der Waals surface area contributed by atoms with Crippen LogP contribution in [-0.4, -0.2) is 16.7 Å². The van der Waals surface area contributed by atoms with Crippen molar-refractivity contribution in [3.8, 4) is 0 Å². The second-order valence-corrected chi connectivity index (χ2v) is 6.29. The van der Waals surface area contributed by atoms with Crippen LogP contribution in [0.1, 0.15) is 39.4 Å². The van der Waals surface area contributed by atoms with E-state index in [0.29, 0.717) is 5.69 Å². The van der Waals surface area contributed by atoms with Gasteiger partial charge in [0.1, 0.15) is 5.60 Å². The van der Waals surface area contributed by atoms with Gasteiger partial charge in [-0.15, -0.1) is 0 Å². The maximum Gasteiger partial charge on any atom is 0.412 e. The summed E-state index contributed by atoms with van der Waals surface area (Å²) in [5, 5.41) is 6.14.